The van der Waals surface area contributed by atoms with Gasteiger partial charge in [-0.15, -0.1) is 0 Å². The Morgan fingerprint density at radius 3 is 2.67 bits per heavy atom. The van der Waals surface area contributed by atoms with Gasteiger partial charge >= 0.3 is 0 Å². The van der Waals surface area contributed by atoms with E-state index >= 15 is 0 Å². The smallest absolute Gasteiger partial charge is 0.288 e. The molecule has 0 unspecified atom stereocenters. The van der Waals surface area contributed by atoms with Crippen LogP contribution in [0.25, 0.3) is 5.69 Å². The Morgan fingerprint density at radius 1 is 1.40 bits per heavy atom. The Hall–Kier alpha value is -0.950. The van der Waals surface area contributed by atoms with Crippen LogP contribution in [0.2, 0.25) is 0 Å². The van der Waals surface area contributed by atoms with E-state index in [1.165, 1.54) is 6.07 Å². The second-order valence-electron chi connectivity index (χ2n) is 2.68. The standard InChI is InChI=1S/C8H3Br2FN2O2/c9-4-1-5(10)8(6(11)2-4)13-3-7(14)15-12-13/h1-3H. The molecular formula is C8H3Br2FN2O2. The minimum atomic E-state index is -0.635. The molecule has 7 heteroatoms. The molecule has 0 radical (unpaired) electrons. The minimum absolute atomic E-state index is 0.129. The van der Waals surface area contributed by atoms with Crippen LogP contribution in [0, 0.1) is 5.82 Å². The van der Waals surface area contributed by atoms with Crippen LogP contribution < -0.4 is 9.79 Å². The van der Waals surface area contributed by atoms with Crippen LogP contribution in [0.1, 0.15) is 0 Å². The highest BCUT2D eigenvalue weighted by molar-refractivity contribution is 9.11. The maximum atomic E-state index is 13.5. The molecule has 0 aliphatic carbocycles. The van der Waals surface area contributed by atoms with Crippen molar-refractivity contribution in [2.75, 3.05) is 0 Å². The van der Waals surface area contributed by atoms with Gasteiger partial charge in [0.1, 0.15) is 5.95 Å². The highest BCUT2D eigenvalue weighted by Crippen LogP contribution is 2.25. The molecule has 0 spiro atoms. The van der Waals surface area contributed by atoms with Crippen molar-refractivity contribution in [2.45, 2.75) is 0 Å². The number of halogens is 3. The number of nitrogens with zero attached hydrogens (tertiary/aromatic N) is 2. The predicted molar refractivity (Wildman–Crippen MR) is 52.8 cm³/mol. The maximum Gasteiger partial charge on any atom is 0.288 e. The summed E-state index contributed by atoms with van der Waals surface area (Å²) in [7, 11) is 0. The highest BCUT2D eigenvalue weighted by Gasteiger charge is 2.20. The van der Waals surface area contributed by atoms with E-state index in [-0.39, 0.29) is 5.69 Å². The van der Waals surface area contributed by atoms with E-state index < -0.39 is 11.8 Å². The number of benzene rings is 1. The average molecular weight is 338 g/mol. The fraction of sp³-hybridized carbons (Fsp3) is 0. The molecule has 0 bridgehead atoms. The van der Waals surface area contributed by atoms with Gasteiger partial charge in [0.2, 0.25) is 6.20 Å². The van der Waals surface area contributed by atoms with Gasteiger partial charge in [0.15, 0.2) is 5.82 Å². The summed E-state index contributed by atoms with van der Waals surface area (Å²) in [5.41, 5.74) is 0.129. The van der Waals surface area contributed by atoms with E-state index in [4.69, 9.17) is 0 Å². The maximum absolute atomic E-state index is 13.5. The molecule has 1 aromatic carbocycles. The molecule has 0 aliphatic heterocycles. The molecule has 78 valence electrons. The summed E-state index contributed by atoms with van der Waals surface area (Å²) in [6, 6.07) is 2.91. The first-order valence-corrected chi connectivity index (χ1v) is 5.37. The zero-order valence-corrected chi connectivity index (χ0v) is 10.2. The summed E-state index contributed by atoms with van der Waals surface area (Å²) in [4.78, 5) is 0. The topological polar surface area (TPSA) is 53.0 Å². The molecule has 1 aromatic heterocycles. The molecule has 0 amide bonds. The van der Waals surface area contributed by atoms with Gasteiger partial charge in [-0.05, 0) is 32.7 Å². The molecule has 2 aromatic rings. The average Bonchev–Trinajstić information content (AvgIpc) is 2.49. The summed E-state index contributed by atoms with van der Waals surface area (Å²) < 4.78 is 19.9. The molecule has 4 nitrogen and oxygen atoms in total. The lowest BCUT2D eigenvalue weighted by atomic mass is 10.3. The minimum Gasteiger partial charge on any atom is -0.539 e. The third-order valence-electron chi connectivity index (χ3n) is 1.66. The fourth-order valence-electron chi connectivity index (χ4n) is 1.09. The third kappa shape index (κ3) is 2.03. The number of aromatic nitrogens is 2. The van der Waals surface area contributed by atoms with Crippen molar-refractivity contribution >= 4 is 31.9 Å². The van der Waals surface area contributed by atoms with E-state index in [1.54, 1.807) is 6.07 Å². The van der Waals surface area contributed by atoms with Crippen molar-refractivity contribution in [2.24, 2.45) is 0 Å². The lowest BCUT2D eigenvalue weighted by molar-refractivity contribution is -0.672. The van der Waals surface area contributed by atoms with E-state index in [0.717, 1.165) is 10.9 Å². The van der Waals surface area contributed by atoms with Gasteiger partial charge in [-0.25, -0.2) is 0 Å². The fourth-order valence-corrected chi connectivity index (χ4v) is 2.44. The molecule has 0 aliphatic rings. The number of rotatable bonds is 1. The third-order valence-corrected chi connectivity index (χ3v) is 2.72. The van der Waals surface area contributed by atoms with E-state index in [2.05, 4.69) is 41.7 Å². The largest absolute Gasteiger partial charge is 0.539 e. The zero-order valence-electron chi connectivity index (χ0n) is 7.08. The van der Waals surface area contributed by atoms with Crippen LogP contribution in [-0.2, 0) is 0 Å². The Bertz CT molecular complexity index is 492. The second kappa shape index (κ2) is 3.90. The van der Waals surface area contributed by atoms with Gasteiger partial charge < -0.3 is 9.63 Å². The van der Waals surface area contributed by atoms with E-state index in [0.29, 0.717) is 8.95 Å². The normalized spacial score (nSPS) is 10.6. The molecule has 0 N–H and O–H groups in total. The second-order valence-corrected chi connectivity index (χ2v) is 4.45. The molecule has 0 fully saturated rings. The van der Waals surface area contributed by atoms with Crippen LogP contribution >= 0.6 is 31.9 Å². The van der Waals surface area contributed by atoms with Crippen LogP contribution in [-0.4, -0.2) is 5.27 Å². The van der Waals surface area contributed by atoms with Crippen LogP contribution in [0.3, 0.4) is 0 Å². The summed E-state index contributed by atoms with van der Waals surface area (Å²) in [6.45, 7) is 0. The summed E-state index contributed by atoms with van der Waals surface area (Å²) in [6.07, 6.45) is 1.05. The van der Waals surface area contributed by atoms with Gasteiger partial charge in [-0.2, -0.15) is 4.39 Å². The van der Waals surface area contributed by atoms with Gasteiger partial charge in [0, 0.05) is 4.47 Å². The van der Waals surface area contributed by atoms with Gasteiger partial charge in [-0.3, -0.25) is 0 Å². The van der Waals surface area contributed by atoms with Gasteiger partial charge in [0.05, 0.1) is 9.74 Å². The molecule has 15 heavy (non-hydrogen) atoms. The quantitative estimate of drug-likeness (QED) is 0.744. The molecule has 0 atom stereocenters. The monoisotopic (exact) mass is 336 g/mol. The van der Waals surface area contributed by atoms with Crippen molar-refractivity contribution in [3.8, 4) is 11.6 Å². The summed E-state index contributed by atoms with van der Waals surface area (Å²) in [5.74, 6) is -1.15. The zero-order chi connectivity index (χ0) is 11.0. The molecule has 2 rings (SSSR count). The van der Waals surface area contributed by atoms with Crippen molar-refractivity contribution in [1.82, 2.24) is 5.27 Å². The molecular weight excluding hydrogens is 335 g/mol. The Morgan fingerprint density at radius 2 is 2.13 bits per heavy atom. The molecule has 0 saturated heterocycles. The lowest BCUT2D eigenvalue weighted by Gasteiger charge is -1.97. The van der Waals surface area contributed by atoms with Crippen molar-refractivity contribution in [1.29, 1.82) is 0 Å². The first-order valence-electron chi connectivity index (χ1n) is 3.78. The number of hydrogen-bond donors (Lipinski definition) is 0. The lowest BCUT2D eigenvalue weighted by Crippen LogP contribution is -2.33. The SMILES string of the molecule is [O-]c1c[n+](-c2c(F)cc(Br)cc2Br)no1. The van der Waals surface area contributed by atoms with Gasteiger partial charge in [-0.1, -0.05) is 15.9 Å². The highest BCUT2D eigenvalue weighted by atomic mass is 79.9. The Labute approximate surface area is 101 Å². The summed E-state index contributed by atoms with van der Waals surface area (Å²) >= 11 is 6.31. The van der Waals surface area contributed by atoms with Gasteiger partial charge in [0.25, 0.3) is 5.69 Å². The van der Waals surface area contributed by atoms with Crippen LogP contribution in [0.4, 0.5) is 4.39 Å². The Balaban J connectivity index is 2.62. The Kier molecular flexibility index (Phi) is 2.74. The van der Waals surface area contributed by atoms with Crippen LogP contribution in [0.15, 0.2) is 31.8 Å². The molecule has 0 saturated carbocycles. The van der Waals surface area contributed by atoms with E-state index in [1.807, 2.05) is 0 Å². The van der Waals surface area contributed by atoms with Crippen LogP contribution in [0.5, 0.6) is 5.95 Å². The van der Waals surface area contributed by atoms with Crippen molar-refractivity contribution < 1.29 is 18.7 Å². The van der Waals surface area contributed by atoms with E-state index in [9.17, 15) is 9.50 Å². The predicted octanol–water partition coefficient (Wildman–Crippen LogP) is 1.69. The number of hydrogen-bond acceptors (Lipinski definition) is 3. The first-order chi connectivity index (χ1) is 7.08. The molecule has 1 heterocycles. The van der Waals surface area contributed by atoms with Crippen molar-refractivity contribution in [3.63, 3.8) is 0 Å². The summed E-state index contributed by atoms with van der Waals surface area (Å²) in [5, 5.41) is 14.1. The van der Waals surface area contributed by atoms with Crippen molar-refractivity contribution in [3.05, 3.63) is 33.1 Å². The first kappa shape index (κ1) is 10.6.